The van der Waals surface area contributed by atoms with Gasteiger partial charge in [0, 0.05) is 6.54 Å². The molecule has 1 aliphatic heterocycles. The number of nitrogens with one attached hydrogen (secondary N) is 2. The molecule has 15 heavy (non-hydrogen) atoms. The third kappa shape index (κ3) is 2.41. The van der Waals surface area contributed by atoms with Gasteiger partial charge in [0.25, 0.3) is 0 Å². The summed E-state index contributed by atoms with van der Waals surface area (Å²) >= 11 is 0. The van der Waals surface area contributed by atoms with Crippen LogP contribution in [0, 0.1) is 0 Å². The maximum atomic E-state index is 11.2. The van der Waals surface area contributed by atoms with Crippen molar-refractivity contribution in [1.29, 1.82) is 0 Å². The summed E-state index contributed by atoms with van der Waals surface area (Å²) in [6.45, 7) is 0.603. The van der Waals surface area contributed by atoms with Gasteiger partial charge in [0.1, 0.15) is 0 Å². The lowest BCUT2D eigenvalue weighted by Crippen LogP contribution is -2.35. The summed E-state index contributed by atoms with van der Waals surface area (Å²) in [6.07, 6.45) is 0.242. The van der Waals surface area contributed by atoms with Crippen LogP contribution < -0.4 is 10.6 Å². The van der Waals surface area contributed by atoms with E-state index in [-0.39, 0.29) is 24.3 Å². The Labute approximate surface area is 87.7 Å². The lowest BCUT2D eigenvalue weighted by atomic mass is 10.2. The summed E-state index contributed by atoms with van der Waals surface area (Å²) in [5.41, 5.74) is 1.10. The Balaban J connectivity index is 1.89. The number of carbonyl (C=O) groups is 2. The average molecular weight is 204 g/mol. The molecule has 0 unspecified atom stereocenters. The minimum absolute atomic E-state index is 0.203. The first-order valence-corrected chi connectivity index (χ1v) is 4.87. The standard InChI is InChI=1S/C11H12N2O2/c14-10-6-9(11(15)13-10)12-7-8-4-2-1-3-5-8/h1-5,9,12H,6-7H2,(H,13,14,15)/t9-/m1/s1. The smallest absolute Gasteiger partial charge is 0.244 e. The third-order valence-corrected chi connectivity index (χ3v) is 2.36. The van der Waals surface area contributed by atoms with Crippen LogP contribution in [0.1, 0.15) is 12.0 Å². The van der Waals surface area contributed by atoms with E-state index >= 15 is 0 Å². The molecule has 1 saturated heterocycles. The molecule has 0 radical (unpaired) electrons. The Morgan fingerprint density at radius 2 is 2.00 bits per heavy atom. The molecule has 2 amide bonds. The van der Waals surface area contributed by atoms with Crippen molar-refractivity contribution < 1.29 is 9.59 Å². The van der Waals surface area contributed by atoms with E-state index in [0.717, 1.165) is 5.56 Å². The minimum atomic E-state index is -0.377. The van der Waals surface area contributed by atoms with E-state index in [1.807, 2.05) is 30.3 Å². The first-order chi connectivity index (χ1) is 7.25. The van der Waals surface area contributed by atoms with Gasteiger partial charge in [0.05, 0.1) is 12.5 Å². The van der Waals surface area contributed by atoms with Crippen LogP contribution in [0.5, 0.6) is 0 Å². The quantitative estimate of drug-likeness (QED) is 0.691. The number of benzene rings is 1. The van der Waals surface area contributed by atoms with Crippen LogP contribution in [0.25, 0.3) is 0 Å². The summed E-state index contributed by atoms with van der Waals surface area (Å²) in [5.74, 6) is -0.429. The Hall–Kier alpha value is -1.68. The predicted octanol–water partition coefficient (Wildman–Crippen LogP) is 0.191. The highest BCUT2D eigenvalue weighted by atomic mass is 16.2. The molecule has 0 bridgehead atoms. The second kappa shape index (κ2) is 4.23. The van der Waals surface area contributed by atoms with E-state index in [0.29, 0.717) is 6.54 Å². The minimum Gasteiger partial charge on any atom is -0.301 e. The number of imide groups is 1. The van der Waals surface area contributed by atoms with Gasteiger partial charge in [0.15, 0.2) is 0 Å². The summed E-state index contributed by atoms with van der Waals surface area (Å²) in [4.78, 5) is 22.1. The van der Waals surface area contributed by atoms with Crippen molar-refractivity contribution in [2.45, 2.75) is 19.0 Å². The first kappa shape index (κ1) is 9.86. The van der Waals surface area contributed by atoms with E-state index in [4.69, 9.17) is 0 Å². The molecule has 4 heteroatoms. The van der Waals surface area contributed by atoms with Crippen LogP contribution in [0.3, 0.4) is 0 Å². The number of hydrogen-bond acceptors (Lipinski definition) is 3. The van der Waals surface area contributed by atoms with Crippen LogP contribution in [-0.4, -0.2) is 17.9 Å². The highest BCUT2D eigenvalue weighted by molar-refractivity contribution is 6.05. The molecule has 1 heterocycles. The molecule has 0 aliphatic carbocycles. The number of hydrogen-bond donors (Lipinski definition) is 2. The number of rotatable bonds is 3. The van der Waals surface area contributed by atoms with Gasteiger partial charge < -0.3 is 5.32 Å². The van der Waals surface area contributed by atoms with E-state index in [2.05, 4.69) is 10.6 Å². The SMILES string of the molecule is O=C1C[C@@H](NCc2ccccc2)C(=O)N1. The van der Waals surface area contributed by atoms with E-state index in [1.165, 1.54) is 0 Å². The molecule has 1 aromatic carbocycles. The molecule has 1 atom stereocenters. The Kier molecular flexibility index (Phi) is 2.78. The molecule has 78 valence electrons. The Morgan fingerprint density at radius 1 is 1.27 bits per heavy atom. The molecule has 1 aliphatic rings. The summed E-state index contributed by atoms with van der Waals surface area (Å²) in [5, 5.41) is 5.31. The van der Waals surface area contributed by atoms with Crippen molar-refractivity contribution >= 4 is 11.8 Å². The van der Waals surface area contributed by atoms with E-state index in [9.17, 15) is 9.59 Å². The average Bonchev–Trinajstić information content (AvgIpc) is 2.56. The van der Waals surface area contributed by atoms with Gasteiger partial charge in [-0.05, 0) is 5.56 Å². The molecule has 1 fully saturated rings. The fourth-order valence-electron chi connectivity index (χ4n) is 1.56. The highest BCUT2D eigenvalue weighted by Crippen LogP contribution is 2.04. The molecule has 0 aromatic heterocycles. The normalized spacial score (nSPS) is 20.4. The Morgan fingerprint density at radius 3 is 2.60 bits per heavy atom. The zero-order valence-electron chi connectivity index (χ0n) is 8.19. The maximum absolute atomic E-state index is 11.2. The molecule has 0 spiro atoms. The molecule has 1 aromatic rings. The maximum Gasteiger partial charge on any atom is 0.244 e. The van der Waals surface area contributed by atoms with Gasteiger partial charge in [-0.15, -0.1) is 0 Å². The lowest BCUT2D eigenvalue weighted by Gasteiger charge is -2.08. The number of amides is 2. The second-order valence-electron chi connectivity index (χ2n) is 3.54. The summed E-state index contributed by atoms with van der Waals surface area (Å²) < 4.78 is 0. The van der Waals surface area contributed by atoms with Crippen LogP contribution in [0.4, 0.5) is 0 Å². The van der Waals surface area contributed by atoms with Gasteiger partial charge in [0.2, 0.25) is 11.8 Å². The van der Waals surface area contributed by atoms with Crippen molar-refractivity contribution in [3.8, 4) is 0 Å². The van der Waals surface area contributed by atoms with Gasteiger partial charge >= 0.3 is 0 Å². The van der Waals surface area contributed by atoms with Crippen LogP contribution in [0.2, 0.25) is 0 Å². The zero-order valence-corrected chi connectivity index (χ0v) is 8.19. The molecule has 0 saturated carbocycles. The van der Waals surface area contributed by atoms with Crippen molar-refractivity contribution in [2.75, 3.05) is 0 Å². The van der Waals surface area contributed by atoms with Gasteiger partial charge in [-0.1, -0.05) is 30.3 Å². The van der Waals surface area contributed by atoms with Crippen LogP contribution in [-0.2, 0) is 16.1 Å². The lowest BCUT2D eigenvalue weighted by molar-refractivity contribution is -0.125. The first-order valence-electron chi connectivity index (χ1n) is 4.87. The molecule has 2 N–H and O–H groups in total. The monoisotopic (exact) mass is 204 g/mol. The molecular formula is C11H12N2O2. The van der Waals surface area contributed by atoms with E-state index < -0.39 is 0 Å². The zero-order chi connectivity index (χ0) is 10.7. The largest absolute Gasteiger partial charge is 0.301 e. The van der Waals surface area contributed by atoms with E-state index in [1.54, 1.807) is 0 Å². The number of carbonyl (C=O) groups excluding carboxylic acids is 2. The van der Waals surface area contributed by atoms with Crippen LogP contribution >= 0.6 is 0 Å². The molecule has 4 nitrogen and oxygen atoms in total. The van der Waals surface area contributed by atoms with Crippen molar-refractivity contribution in [1.82, 2.24) is 10.6 Å². The van der Waals surface area contributed by atoms with Crippen LogP contribution in [0.15, 0.2) is 30.3 Å². The van der Waals surface area contributed by atoms with Gasteiger partial charge in [-0.2, -0.15) is 0 Å². The predicted molar refractivity (Wildman–Crippen MR) is 54.8 cm³/mol. The highest BCUT2D eigenvalue weighted by Gasteiger charge is 2.29. The second-order valence-corrected chi connectivity index (χ2v) is 3.54. The summed E-state index contributed by atoms with van der Waals surface area (Å²) in [6, 6.07) is 9.39. The van der Waals surface area contributed by atoms with Crippen molar-refractivity contribution in [3.05, 3.63) is 35.9 Å². The topological polar surface area (TPSA) is 58.2 Å². The van der Waals surface area contributed by atoms with Crippen molar-refractivity contribution in [2.24, 2.45) is 0 Å². The van der Waals surface area contributed by atoms with Gasteiger partial charge in [-0.3, -0.25) is 14.9 Å². The van der Waals surface area contributed by atoms with Gasteiger partial charge in [-0.25, -0.2) is 0 Å². The fourth-order valence-corrected chi connectivity index (χ4v) is 1.56. The summed E-state index contributed by atoms with van der Waals surface area (Å²) in [7, 11) is 0. The van der Waals surface area contributed by atoms with Crippen molar-refractivity contribution in [3.63, 3.8) is 0 Å². The Bertz CT molecular complexity index is 375. The fraction of sp³-hybridized carbons (Fsp3) is 0.273. The third-order valence-electron chi connectivity index (χ3n) is 2.36. The molecular weight excluding hydrogens is 192 g/mol. The molecule has 2 rings (SSSR count).